The molecule has 0 bridgehead atoms. The number of hydrogen-bond acceptors (Lipinski definition) is 3. The number of furan rings is 1. The van der Waals surface area contributed by atoms with Crippen LogP contribution in [0.4, 0.5) is 14.9 Å². The van der Waals surface area contributed by atoms with E-state index in [0.717, 1.165) is 30.6 Å². The molecule has 3 rings (SSSR count). The lowest BCUT2D eigenvalue weighted by molar-refractivity contribution is 0.128. The van der Waals surface area contributed by atoms with Crippen LogP contribution in [0, 0.1) is 18.7 Å². The van der Waals surface area contributed by atoms with E-state index in [1.807, 2.05) is 19.1 Å². The molecule has 1 aliphatic heterocycles. The molecule has 0 saturated carbocycles. The van der Waals surface area contributed by atoms with Crippen LogP contribution in [0.3, 0.4) is 0 Å². The largest absolute Gasteiger partial charge is 0.464 e. The predicted octanol–water partition coefficient (Wildman–Crippen LogP) is 4.13. The summed E-state index contributed by atoms with van der Waals surface area (Å²) in [6.07, 6.45) is 4.28. The number of hydrogen-bond donors (Lipinski definition) is 1. The molecular formula is C17H20FN3O2. The van der Waals surface area contributed by atoms with E-state index in [-0.39, 0.29) is 17.8 Å². The minimum absolute atomic E-state index is 0.127. The van der Waals surface area contributed by atoms with Crippen molar-refractivity contribution in [1.82, 2.24) is 9.88 Å². The number of nitrogens with zero attached hydrogens (tertiary/aromatic N) is 2. The van der Waals surface area contributed by atoms with Crippen LogP contribution in [-0.2, 0) is 0 Å². The highest BCUT2D eigenvalue weighted by Gasteiger charge is 2.33. The molecule has 5 nitrogen and oxygen atoms in total. The molecule has 0 spiro atoms. The molecule has 2 amide bonds. The van der Waals surface area contributed by atoms with Gasteiger partial charge in [0, 0.05) is 12.7 Å². The minimum Gasteiger partial charge on any atom is -0.464 e. The van der Waals surface area contributed by atoms with Crippen molar-refractivity contribution in [1.29, 1.82) is 0 Å². The lowest BCUT2D eigenvalue weighted by Gasteiger charge is -2.37. The Kier molecular flexibility index (Phi) is 4.32. The number of nitrogens with one attached hydrogen (secondary N) is 1. The summed E-state index contributed by atoms with van der Waals surface area (Å²) in [4.78, 5) is 18.0. The van der Waals surface area contributed by atoms with E-state index in [9.17, 15) is 9.18 Å². The van der Waals surface area contributed by atoms with Crippen molar-refractivity contribution in [2.45, 2.75) is 32.7 Å². The zero-order valence-corrected chi connectivity index (χ0v) is 13.3. The zero-order chi connectivity index (χ0) is 16.4. The molecule has 1 N–H and O–H groups in total. The van der Waals surface area contributed by atoms with Gasteiger partial charge in [-0.2, -0.15) is 0 Å². The van der Waals surface area contributed by atoms with E-state index in [1.54, 1.807) is 4.90 Å². The SMILES string of the molecule is Cc1ccc([C@@H]2C[C@@H](C)CCN2C(=O)Nc2ccncc2F)o1. The van der Waals surface area contributed by atoms with Gasteiger partial charge in [0.1, 0.15) is 11.5 Å². The van der Waals surface area contributed by atoms with Crippen LogP contribution in [-0.4, -0.2) is 22.5 Å². The molecule has 1 saturated heterocycles. The quantitative estimate of drug-likeness (QED) is 0.906. The number of carbonyl (C=O) groups is 1. The van der Waals surface area contributed by atoms with Crippen LogP contribution in [0.15, 0.2) is 35.0 Å². The number of aryl methyl sites for hydroxylation is 1. The van der Waals surface area contributed by atoms with Gasteiger partial charge in [0.25, 0.3) is 0 Å². The van der Waals surface area contributed by atoms with Gasteiger partial charge < -0.3 is 14.6 Å². The normalized spacial score (nSPS) is 21.3. The highest BCUT2D eigenvalue weighted by atomic mass is 19.1. The first-order valence-corrected chi connectivity index (χ1v) is 7.78. The third-order valence-electron chi connectivity index (χ3n) is 4.23. The number of pyridine rings is 1. The maximum atomic E-state index is 13.7. The fraction of sp³-hybridized carbons (Fsp3) is 0.412. The number of rotatable bonds is 2. The van der Waals surface area contributed by atoms with Crippen LogP contribution < -0.4 is 5.32 Å². The van der Waals surface area contributed by atoms with E-state index < -0.39 is 5.82 Å². The van der Waals surface area contributed by atoms with Crippen LogP contribution in [0.5, 0.6) is 0 Å². The predicted molar refractivity (Wildman–Crippen MR) is 84.5 cm³/mol. The van der Waals surface area contributed by atoms with Crippen molar-refractivity contribution in [3.63, 3.8) is 0 Å². The van der Waals surface area contributed by atoms with Crippen molar-refractivity contribution >= 4 is 11.7 Å². The summed E-state index contributed by atoms with van der Waals surface area (Å²) in [5.74, 6) is 1.56. The van der Waals surface area contributed by atoms with E-state index in [4.69, 9.17) is 4.42 Å². The van der Waals surface area contributed by atoms with E-state index in [1.165, 1.54) is 12.3 Å². The van der Waals surface area contributed by atoms with Gasteiger partial charge in [-0.05, 0) is 43.9 Å². The Morgan fingerprint density at radius 1 is 1.43 bits per heavy atom. The number of amides is 2. The second kappa shape index (κ2) is 6.40. The summed E-state index contributed by atoms with van der Waals surface area (Å²) < 4.78 is 19.4. The maximum Gasteiger partial charge on any atom is 0.322 e. The summed E-state index contributed by atoms with van der Waals surface area (Å²) in [5.41, 5.74) is 0.137. The number of urea groups is 1. The number of aromatic nitrogens is 1. The van der Waals surface area contributed by atoms with Gasteiger partial charge in [0.05, 0.1) is 17.9 Å². The number of anilines is 1. The van der Waals surface area contributed by atoms with Gasteiger partial charge in [-0.1, -0.05) is 6.92 Å². The molecule has 0 unspecified atom stereocenters. The van der Waals surface area contributed by atoms with Gasteiger partial charge in [-0.25, -0.2) is 9.18 Å². The number of piperidine rings is 1. The minimum atomic E-state index is -0.545. The number of halogens is 1. The van der Waals surface area contributed by atoms with Crippen LogP contribution in [0.25, 0.3) is 0 Å². The topological polar surface area (TPSA) is 58.4 Å². The Balaban J connectivity index is 1.81. The Morgan fingerprint density at radius 3 is 2.96 bits per heavy atom. The van der Waals surface area contributed by atoms with Gasteiger partial charge in [0.2, 0.25) is 0 Å². The fourth-order valence-corrected chi connectivity index (χ4v) is 2.95. The van der Waals surface area contributed by atoms with E-state index in [0.29, 0.717) is 12.5 Å². The monoisotopic (exact) mass is 317 g/mol. The highest BCUT2D eigenvalue weighted by molar-refractivity contribution is 5.89. The molecule has 1 fully saturated rings. The summed E-state index contributed by atoms with van der Waals surface area (Å²) in [6.45, 7) is 4.66. The second-order valence-electron chi connectivity index (χ2n) is 6.07. The smallest absolute Gasteiger partial charge is 0.322 e. The molecule has 2 aromatic rings. The van der Waals surface area contributed by atoms with Crippen molar-refractivity contribution < 1.29 is 13.6 Å². The molecular weight excluding hydrogens is 297 g/mol. The third-order valence-corrected chi connectivity index (χ3v) is 4.23. The van der Waals surface area contributed by atoms with Crippen LogP contribution >= 0.6 is 0 Å². The van der Waals surface area contributed by atoms with E-state index in [2.05, 4.69) is 17.2 Å². The van der Waals surface area contributed by atoms with Crippen LogP contribution in [0.1, 0.15) is 37.3 Å². The van der Waals surface area contributed by atoms with E-state index >= 15 is 0 Å². The first-order chi connectivity index (χ1) is 11.0. The molecule has 3 heterocycles. The number of likely N-dealkylation sites (tertiary alicyclic amines) is 1. The molecule has 0 radical (unpaired) electrons. The summed E-state index contributed by atoms with van der Waals surface area (Å²) in [7, 11) is 0. The van der Waals surface area contributed by atoms with Crippen molar-refractivity contribution in [2.24, 2.45) is 5.92 Å². The molecule has 6 heteroatoms. The second-order valence-corrected chi connectivity index (χ2v) is 6.07. The molecule has 0 aromatic carbocycles. The maximum absolute atomic E-state index is 13.7. The van der Waals surface area contributed by atoms with Crippen molar-refractivity contribution in [3.05, 3.63) is 47.9 Å². The average molecular weight is 317 g/mol. The standard InChI is InChI=1S/C17H20FN3O2/c1-11-6-8-21(15(9-11)16-4-3-12(2)23-16)17(22)20-14-5-7-19-10-13(14)18/h3-5,7,10-11,15H,6,8-9H2,1-2H3,(H,19,20,22)/t11-,15-/m0/s1. The van der Waals surface area contributed by atoms with Crippen molar-refractivity contribution in [3.8, 4) is 0 Å². The van der Waals surface area contributed by atoms with Gasteiger partial charge in [-0.3, -0.25) is 4.98 Å². The molecule has 2 atom stereocenters. The summed E-state index contributed by atoms with van der Waals surface area (Å²) in [6, 6.07) is 4.81. The summed E-state index contributed by atoms with van der Waals surface area (Å²) >= 11 is 0. The Bertz CT molecular complexity index is 701. The Hall–Kier alpha value is -2.37. The van der Waals surface area contributed by atoms with Gasteiger partial charge in [-0.15, -0.1) is 0 Å². The first kappa shape index (κ1) is 15.5. The lowest BCUT2D eigenvalue weighted by Crippen LogP contribution is -2.43. The molecule has 23 heavy (non-hydrogen) atoms. The highest BCUT2D eigenvalue weighted by Crippen LogP contribution is 2.35. The zero-order valence-electron chi connectivity index (χ0n) is 13.3. The van der Waals surface area contributed by atoms with Gasteiger partial charge in [0.15, 0.2) is 5.82 Å². The molecule has 2 aromatic heterocycles. The average Bonchev–Trinajstić information content (AvgIpc) is 2.96. The molecule has 1 aliphatic rings. The molecule has 0 aliphatic carbocycles. The summed E-state index contributed by atoms with van der Waals surface area (Å²) in [5, 5.41) is 2.63. The van der Waals surface area contributed by atoms with Crippen LogP contribution in [0.2, 0.25) is 0 Å². The first-order valence-electron chi connectivity index (χ1n) is 7.78. The lowest BCUT2D eigenvalue weighted by atomic mass is 9.91. The number of carbonyl (C=O) groups excluding carboxylic acids is 1. The third kappa shape index (κ3) is 3.36. The van der Waals surface area contributed by atoms with Crippen molar-refractivity contribution in [2.75, 3.05) is 11.9 Å². The Labute approximate surface area is 134 Å². The molecule has 122 valence electrons. The van der Waals surface area contributed by atoms with Gasteiger partial charge >= 0.3 is 6.03 Å². The Morgan fingerprint density at radius 2 is 2.26 bits per heavy atom. The fourth-order valence-electron chi connectivity index (χ4n) is 2.95.